The summed E-state index contributed by atoms with van der Waals surface area (Å²) in [7, 11) is 0. The Morgan fingerprint density at radius 3 is 2.38 bits per heavy atom. The van der Waals surface area contributed by atoms with E-state index in [-0.39, 0.29) is 11.1 Å². The zero-order chi connectivity index (χ0) is 15.4. The number of primary amides is 1. The quantitative estimate of drug-likeness (QED) is 0.786. The minimum atomic E-state index is -1.00. The molecule has 0 aliphatic rings. The van der Waals surface area contributed by atoms with Crippen LogP contribution in [0.15, 0.2) is 42.5 Å². The summed E-state index contributed by atoms with van der Waals surface area (Å²) < 4.78 is 13.6. The van der Waals surface area contributed by atoms with Crippen molar-refractivity contribution < 1.29 is 19.1 Å². The van der Waals surface area contributed by atoms with Gasteiger partial charge in [-0.1, -0.05) is 18.2 Å². The average Bonchev–Trinajstić information content (AvgIpc) is 2.45. The number of carboxylic acid groups (broad SMARTS) is 1. The maximum atomic E-state index is 13.6. The molecule has 6 heteroatoms. The number of anilines is 1. The van der Waals surface area contributed by atoms with E-state index in [2.05, 4.69) is 5.32 Å². The number of carbonyl (C=O) groups is 2. The van der Waals surface area contributed by atoms with Crippen LogP contribution in [-0.4, -0.2) is 17.0 Å². The van der Waals surface area contributed by atoms with Gasteiger partial charge in [0, 0.05) is 6.54 Å². The third-order valence-electron chi connectivity index (χ3n) is 2.94. The van der Waals surface area contributed by atoms with Gasteiger partial charge >= 0.3 is 5.97 Å². The molecule has 2 rings (SSSR count). The second kappa shape index (κ2) is 6.04. The summed E-state index contributed by atoms with van der Waals surface area (Å²) in [5.41, 5.74) is 6.23. The van der Waals surface area contributed by atoms with Crippen LogP contribution in [-0.2, 0) is 6.54 Å². The Balaban J connectivity index is 2.15. The number of carbonyl (C=O) groups excluding carboxylic acids is 1. The van der Waals surface area contributed by atoms with Gasteiger partial charge in [0.2, 0.25) is 0 Å². The highest BCUT2D eigenvalue weighted by Gasteiger charge is 2.13. The molecule has 0 aromatic heterocycles. The second-order valence-corrected chi connectivity index (χ2v) is 4.38. The summed E-state index contributed by atoms with van der Waals surface area (Å²) in [6, 6.07) is 10.4. The van der Waals surface area contributed by atoms with Crippen molar-refractivity contribution in [3.8, 4) is 0 Å². The predicted molar refractivity (Wildman–Crippen MR) is 75.6 cm³/mol. The zero-order valence-electron chi connectivity index (χ0n) is 11.0. The number of nitrogens with two attached hydrogens (primary N) is 1. The zero-order valence-corrected chi connectivity index (χ0v) is 11.0. The molecule has 0 spiro atoms. The molecule has 0 heterocycles. The molecule has 0 saturated carbocycles. The van der Waals surface area contributed by atoms with Gasteiger partial charge in [-0.25, -0.2) is 9.18 Å². The average molecular weight is 288 g/mol. The molecule has 0 atom stereocenters. The van der Waals surface area contributed by atoms with Gasteiger partial charge in [0.15, 0.2) is 0 Å². The first-order valence-electron chi connectivity index (χ1n) is 6.13. The van der Waals surface area contributed by atoms with E-state index in [1.165, 1.54) is 18.2 Å². The van der Waals surface area contributed by atoms with Crippen molar-refractivity contribution >= 4 is 17.6 Å². The van der Waals surface area contributed by atoms with Crippen LogP contribution in [0, 0.1) is 5.82 Å². The maximum Gasteiger partial charge on any atom is 0.335 e. The molecular formula is C15H13FN2O3. The predicted octanol–water partition coefficient (Wildman–Crippen LogP) is 2.23. The first kappa shape index (κ1) is 14.5. The first-order chi connectivity index (χ1) is 9.99. The maximum absolute atomic E-state index is 13.6. The normalized spacial score (nSPS) is 10.1. The van der Waals surface area contributed by atoms with Crippen molar-refractivity contribution in [2.75, 3.05) is 5.32 Å². The molecule has 0 fully saturated rings. The summed E-state index contributed by atoms with van der Waals surface area (Å²) in [5.74, 6) is -2.54. The van der Waals surface area contributed by atoms with Crippen molar-refractivity contribution in [2.45, 2.75) is 6.54 Å². The molecule has 108 valence electrons. The van der Waals surface area contributed by atoms with Crippen LogP contribution in [0.4, 0.5) is 10.1 Å². The van der Waals surface area contributed by atoms with Gasteiger partial charge < -0.3 is 16.2 Å². The van der Waals surface area contributed by atoms with Gasteiger partial charge in [-0.05, 0) is 29.8 Å². The number of rotatable bonds is 5. The van der Waals surface area contributed by atoms with Crippen molar-refractivity contribution in [3.05, 3.63) is 65.0 Å². The third kappa shape index (κ3) is 3.36. The fraction of sp³-hybridized carbons (Fsp3) is 0.0667. The lowest BCUT2D eigenvalue weighted by Gasteiger charge is -2.11. The van der Waals surface area contributed by atoms with Gasteiger partial charge in [0.25, 0.3) is 5.91 Å². The van der Waals surface area contributed by atoms with Gasteiger partial charge in [-0.15, -0.1) is 0 Å². The van der Waals surface area contributed by atoms with Crippen LogP contribution < -0.4 is 11.1 Å². The van der Waals surface area contributed by atoms with Crippen molar-refractivity contribution in [2.24, 2.45) is 5.73 Å². The van der Waals surface area contributed by atoms with E-state index in [9.17, 15) is 14.0 Å². The van der Waals surface area contributed by atoms with E-state index in [4.69, 9.17) is 10.8 Å². The van der Waals surface area contributed by atoms with E-state index in [0.717, 1.165) is 11.6 Å². The highest BCUT2D eigenvalue weighted by atomic mass is 19.1. The van der Waals surface area contributed by atoms with E-state index in [1.54, 1.807) is 18.2 Å². The summed E-state index contributed by atoms with van der Waals surface area (Å²) in [6.07, 6.45) is 0. The fourth-order valence-electron chi connectivity index (χ4n) is 1.88. The topological polar surface area (TPSA) is 92.4 Å². The largest absolute Gasteiger partial charge is 0.478 e. The highest BCUT2D eigenvalue weighted by Crippen LogP contribution is 2.19. The molecule has 0 radical (unpaired) electrons. The molecule has 0 unspecified atom stereocenters. The van der Waals surface area contributed by atoms with Crippen LogP contribution in [0.5, 0.6) is 0 Å². The summed E-state index contributed by atoms with van der Waals surface area (Å²) in [6.45, 7) is 0.309. The van der Waals surface area contributed by atoms with Gasteiger partial charge in [-0.2, -0.15) is 0 Å². The number of hydrogen-bond donors (Lipinski definition) is 3. The Labute approximate surface area is 120 Å². The minimum absolute atomic E-state index is 0.183. The molecular weight excluding hydrogens is 275 g/mol. The van der Waals surface area contributed by atoms with Crippen molar-refractivity contribution in [1.29, 1.82) is 0 Å². The molecule has 5 nitrogen and oxygen atoms in total. The van der Waals surface area contributed by atoms with Gasteiger partial charge in [0.05, 0.1) is 16.8 Å². The van der Waals surface area contributed by atoms with E-state index in [1.807, 2.05) is 0 Å². The molecule has 0 bridgehead atoms. The Bertz CT molecular complexity index is 684. The van der Waals surface area contributed by atoms with E-state index < -0.39 is 17.7 Å². The smallest absolute Gasteiger partial charge is 0.335 e. The van der Waals surface area contributed by atoms with Crippen molar-refractivity contribution in [3.63, 3.8) is 0 Å². The number of nitrogens with one attached hydrogen (secondary N) is 1. The number of benzene rings is 2. The summed E-state index contributed by atoms with van der Waals surface area (Å²) >= 11 is 0. The fourth-order valence-corrected chi connectivity index (χ4v) is 1.88. The lowest BCUT2D eigenvalue weighted by Crippen LogP contribution is -2.16. The Kier molecular flexibility index (Phi) is 4.18. The summed E-state index contributed by atoms with van der Waals surface area (Å²) in [5, 5.41) is 11.7. The first-order valence-corrected chi connectivity index (χ1v) is 6.13. The number of amides is 1. The summed E-state index contributed by atoms with van der Waals surface area (Å²) in [4.78, 5) is 22.0. The molecule has 2 aromatic rings. The van der Waals surface area contributed by atoms with E-state index in [0.29, 0.717) is 12.2 Å². The third-order valence-corrected chi connectivity index (χ3v) is 2.94. The Morgan fingerprint density at radius 2 is 1.81 bits per heavy atom. The Morgan fingerprint density at radius 1 is 1.14 bits per heavy atom. The molecule has 4 N–H and O–H groups in total. The number of halogens is 1. The lowest BCUT2D eigenvalue weighted by atomic mass is 10.1. The highest BCUT2D eigenvalue weighted by molar-refractivity contribution is 5.98. The van der Waals surface area contributed by atoms with Gasteiger partial charge in [-0.3, -0.25) is 4.79 Å². The SMILES string of the molecule is NC(=O)c1c(F)cccc1NCc1ccc(C(=O)O)cc1. The number of aromatic carboxylic acids is 1. The number of hydrogen-bond acceptors (Lipinski definition) is 3. The van der Waals surface area contributed by atoms with Crippen LogP contribution in [0.2, 0.25) is 0 Å². The molecule has 0 aliphatic carbocycles. The van der Waals surface area contributed by atoms with Crippen LogP contribution in [0.25, 0.3) is 0 Å². The standard InChI is InChI=1S/C15H13FN2O3/c16-11-2-1-3-12(13(11)14(17)19)18-8-9-4-6-10(7-5-9)15(20)21/h1-7,18H,8H2,(H2,17,19)(H,20,21). The lowest BCUT2D eigenvalue weighted by molar-refractivity contribution is 0.0696. The van der Waals surface area contributed by atoms with Crippen LogP contribution in [0.1, 0.15) is 26.3 Å². The second-order valence-electron chi connectivity index (χ2n) is 4.38. The molecule has 1 amide bonds. The van der Waals surface area contributed by atoms with Crippen LogP contribution >= 0.6 is 0 Å². The Hall–Kier alpha value is -2.89. The molecule has 2 aromatic carbocycles. The van der Waals surface area contributed by atoms with Crippen molar-refractivity contribution in [1.82, 2.24) is 0 Å². The van der Waals surface area contributed by atoms with E-state index >= 15 is 0 Å². The molecule has 0 saturated heterocycles. The minimum Gasteiger partial charge on any atom is -0.478 e. The van der Waals surface area contributed by atoms with Crippen LogP contribution in [0.3, 0.4) is 0 Å². The monoisotopic (exact) mass is 288 g/mol. The van der Waals surface area contributed by atoms with Gasteiger partial charge in [0.1, 0.15) is 5.82 Å². The molecule has 21 heavy (non-hydrogen) atoms. The molecule has 0 aliphatic heterocycles. The number of carboxylic acids is 1.